The van der Waals surface area contributed by atoms with Crippen LogP contribution in [0.25, 0.3) is 0 Å². The molecule has 0 aromatic heterocycles. The van der Waals surface area contributed by atoms with E-state index in [2.05, 4.69) is 21.4 Å². The number of nitrogens with two attached hydrogens (primary N) is 1. The molecule has 0 atom stereocenters. The van der Waals surface area contributed by atoms with Gasteiger partial charge in [0.2, 0.25) is 0 Å². The summed E-state index contributed by atoms with van der Waals surface area (Å²) in [6.07, 6.45) is 0. The predicted molar refractivity (Wildman–Crippen MR) is 79.1 cm³/mol. The maximum Gasteiger partial charge on any atom is 0.264 e. The Morgan fingerprint density at radius 3 is 2.38 bits per heavy atom. The van der Waals surface area contributed by atoms with Gasteiger partial charge in [-0.3, -0.25) is 10.6 Å². The molecule has 2 aromatic rings. The van der Waals surface area contributed by atoms with Gasteiger partial charge in [-0.15, -0.1) is 0 Å². The molecular formula is C12H10BrF2N3O2S. The van der Waals surface area contributed by atoms with Gasteiger partial charge in [0, 0.05) is 6.07 Å². The molecule has 0 aliphatic carbocycles. The van der Waals surface area contributed by atoms with E-state index in [1.807, 2.05) is 4.72 Å². The summed E-state index contributed by atoms with van der Waals surface area (Å²) in [6.45, 7) is 0. The smallest absolute Gasteiger partial charge is 0.264 e. The highest BCUT2D eigenvalue weighted by molar-refractivity contribution is 9.10. The Morgan fingerprint density at radius 2 is 1.71 bits per heavy atom. The van der Waals surface area contributed by atoms with Gasteiger partial charge in [-0.25, -0.2) is 17.2 Å². The lowest BCUT2D eigenvalue weighted by Gasteiger charge is -2.12. The SMILES string of the molecule is NNc1ccccc1S(=O)(=O)Nc1cc(F)c(Br)cc1F. The second-order valence-electron chi connectivity index (χ2n) is 3.99. The third-order valence-electron chi connectivity index (χ3n) is 2.59. The van der Waals surface area contributed by atoms with Gasteiger partial charge in [0.05, 0.1) is 15.8 Å². The van der Waals surface area contributed by atoms with Crippen LogP contribution in [0.4, 0.5) is 20.2 Å². The zero-order valence-electron chi connectivity index (χ0n) is 10.4. The zero-order chi connectivity index (χ0) is 15.6. The second-order valence-corrected chi connectivity index (χ2v) is 6.50. The molecule has 0 amide bonds. The second kappa shape index (κ2) is 5.96. The molecule has 0 heterocycles. The molecule has 0 saturated carbocycles. The summed E-state index contributed by atoms with van der Waals surface area (Å²) < 4.78 is 53.4. The van der Waals surface area contributed by atoms with Crippen molar-refractivity contribution in [2.75, 3.05) is 10.1 Å². The number of benzene rings is 2. The predicted octanol–water partition coefficient (Wildman–Crippen LogP) is 2.81. The molecule has 0 unspecified atom stereocenters. The Kier molecular flexibility index (Phi) is 4.45. The minimum absolute atomic E-state index is 0.105. The van der Waals surface area contributed by atoms with Crippen molar-refractivity contribution < 1.29 is 17.2 Å². The number of halogens is 3. The maximum atomic E-state index is 13.7. The molecule has 112 valence electrons. The summed E-state index contributed by atoms with van der Waals surface area (Å²) in [5.41, 5.74) is 1.86. The van der Waals surface area contributed by atoms with Gasteiger partial charge in [-0.1, -0.05) is 12.1 Å². The van der Waals surface area contributed by atoms with Crippen LogP contribution in [0.3, 0.4) is 0 Å². The van der Waals surface area contributed by atoms with E-state index in [1.165, 1.54) is 18.2 Å². The van der Waals surface area contributed by atoms with Crippen molar-refractivity contribution in [1.82, 2.24) is 0 Å². The summed E-state index contributed by atoms with van der Waals surface area (Å²) in [5, 5.41) is 0. The first-order chi connectivity index (χ1) is 9.85. The Morgan fingerprint density at radius 1 is 1.05 bits per heavy atom. The number of hydrogen-bond acceptors (Lipinski definition) is 4. The minimum Gasteiger partial charge on any atom is -0.323 e. The number of hydrogen-bond donors (Lipinski definition) is 3. The molecule has 2 aromatic carbocycles. The lowest BCUT2D eigenvalue weighted by Crippen LogP contribution is -2.18. The molecule has 21 heavy (non-hydrogen) atoms. The number of nitrogen functional groups attached to an aromatic ring is 1. The molecule has 2 rings (SSSR count). The number of sulfonamides is 1. The van der Waals surface area contributed by atoms with E-state index in [4.69, 9.17) is 5.84 Å². The van der Waals surface area contributed by atoms with Crippen molar-refractivity contribution in [3.05, 3.63) is 52.5 Å². The van der Waals surface area contributed by atoms with E-state index >= 15 is 0 Å². The van der Waals surface area contributed by atoms with Gasteiger partial charge < -0.3 is 5.43 Å². The Balaban J connectivity index is 2.45. The maximum absolute atomic E-state index is 13.7. The largest absolute Gasteiger partial charge is 0.323 e. The standard InChI is InChI=1S/C12H10BrF2N3O2S/c13-7-5-9(15)11(6-8(7)14)18-21(19,20)12-4-2-1-3-10(12)17-16/h1-6,17-18H,16H2. The van der Waals surface area contributed by atoms with E-state index in [0.717, 1.165) is 12.1 Å². The van der Waals surface area contributed by atoms with E-state index < -0.39 is 27.3 Å². The molecule has 9 heteroatoms. The number of para-hydroxylation sites is 1. The summed E-state index contributed by atoms with van der Waals surface area (Å²) in [7, 11) is -4.12. The van der Waals surface area contributed by atoms with Gasteiger partial charge in [-0.05, 0) is 34.1 Å². The summed E-state index contributed by atoms with van der Waals surface area (Å²) >= 11 is 2.81. The van der Waals surface area contributed by atoms with Gasteiger partial charge >= 0.3 is 0 Å². The van der Waals surface area contributed by atoms with Gasteiger partial charge in [0.1, 0.15) is 16.5 Å². The molecule has 4 N–H and O–H groups in total. The molecule has 0 saturated heterocycles. The van der Waals surface area contributed by atoms with Crippen LogP contribution in [0, 0.1) is 11.6 Å². The van der Waals surface area contributed by atoms with Crippen molar-refractivity contribution in [2.24, 2.45) is 5.84 Å². The molecule has 0 aliphatic heterocycles. The van der Waals surface area contributed by atoms with Crippen molar-refractivity contribution in [3.8, 4) is 0 Å². The summed E-state index contributed by atoms with van der Waals surface area (Å²) in [4.78, 5) is -0.185. The van der Waals surface area contributed by atoms with Gasteiger partial charge in [-0.2, -0.15) is 0 Å². The van der Waals surface area contributed by atoms with Crippen LogP contribution in [0.5, 0.6) is 0 Å². The third kappa shape index (κ3) is 3.31. The highest BCUT2D eigenvalue weighted by Crippen LogP contribution is 2.27. The fourth-order valence-electron chi connectivity index (χ4n) is 1.62. The van der Waals surface area contributed by atoms with Crippen LogP contribution in [0.1, 0.15) is 0 Å². The van der Waals surface area contributed by atoms with Crippen LogP contribution >= 0.6 is 15.9 Å². The number of anilines is 2. The molecule has 5 nitrogen and oxygen atoms in total. The molecule has 0 fully saturated rings. The highest BCUT2D eigenvalue weighted by atomic mass is 79.9. The van der Waals surface area contributed by atoms with E-state index in [1.54, 1.807) is 6.07 Å². The van der Waals surface area contributed by atoms with Crippen molar-refractivity contribution >= 4 is 37.3 Å². The quantitative estimate of drug-likeness (QED) is 0.434. The Bertz CT molecular complexity index is 784. The van der Waals surface area contributed by atoms with Crippen molar-refractivity contribution in [1.29, 1.82) is 0 Å². The fourth-order valence-corrected chi connectivity index (χ4v) is 3.17. The number of hydrazine groups is 1. The minimum atomic E-state index is -4.12. The number of rotatable bonds is 4. The van der Waals surface area contributed by atoms with Gasteiger partial charge in [0.25, 0.3) is 10.0 Å². The highest BCUT2D eigenvalue weighted by Gasteiger charge is 2.20. The Hall–Kier alpha value is -1.71. The lowest BCUT2D eigenvalue weighted by atomic mass is 10.3. The average Bonchev–Trinajstić information content (AvgIpc) is 2.44. The van der Waals surface area contributed by atoms with E-state index in [0.29, 0.717) is 0 Å². The third-order valence-corrected chi connectivity index (χ3v) is 4.62. The average molecular weight is 378 g/mol. The molecule has 0 radical (unpaired) electrons. The molecule has 0 aliphatic rings. The van der Waals surface area contributed by atoms with Crippen molar-refractivity contribution in [3.63, 3.8) is 0 Å². The molecule has 0 spiro atoms. The summed E-state index contributed by atoms with van der Waals surface area (Å²) in [5.74, 6) is 3.53. The zero-order valence-corrected chi connectivity index (χ0v) is 12.8. The topological polar surface area (TPSA) is 84.2 Å². The van der Waals surface area contributed by atoms with Crippen molar-refractivity contribution in [2.45, 2.75) is 4.90 Å². The normalized spacial score (nSPS) is 11.2. The fraction of sp³-hybridized carbons (Fsp3) is 0. The van der Waals surface area contributed by atoms with E-state index in [-0.39, 0.29) is 15.1 Å². The molecule has 0 bridgehead atoms. The number of nitrogens with one attached hydrogen (secondary N) is 2. The monoisotopic (exact) mass is 377 g/mol. The first kappa shape index (κ1) is 15.7. The van der Waals surface area contributed by atoms with Crippen LogP contribution in [-0.2, 0) is 10.0 Å². The lowest BCUT2D eigenvalue weighted by molar-refractivity contribution is 0.592. The first-order valence-corrected chi connectivity index (χ1v) is 7.86. The van der Waals surface area contributed by atoms with Crippen LogP contribution < -0.4 is 16.0 Å². The van der Waals surface area contributed by atoms with Crippen LogP contribution in [-0.4, -0.2) is 8.42 Å². The van der Waals surface area contributed by atoms with E-state index in [9.17, 15) is 17.2 Å². The first-order valence-electron chi connectivity index (χ1n) is 5.58. The molecular weight excluding hydrogens is 368 g/mol. The van der Waals surface area contributed by atoms with Crippen LogP contribution in [0.15, 0.2) is 45.8 Å². The Labute approximate surface area is 128 Å². The summed E-state index contributed by atoms with van der Waals surface area (Å²) in [6, 6.07) is 7.36. The van der Waals surface area contributed by atoms with Gasteiger partial charge in [0.15, 0.2) is 0 Å². The van der Waals surface area contributed by atoms with Crippen LogP contribution in [0.2, 0.25) is 0 Å².